The van der Waals surface area contributed by atoms with Gasteiger partial charge in [-0.1, -0.05) is 23.7 Å². The van der Waals surface area contributed by atoms with Gasteiger partial charge >= 0.3 is 5.69 Å². The summed E-state index contributed by atoms with van der Waals surface area (Å²) in [4.78, 5) is 24.9. The van der Waals surface area contributed by atoms with Gasteiger partial charge in [0, 0.05) is 23.0 Å². The van der Waals surface area contributed by atoms with E-state index in [0.717, 1.165) is 15.9 Å². The van der Waals surface area contributed by atoms with Crippen LogP contribution >= 0.6 is 11.6 Å². The molecule has 0 radical (unpaired) electrons. The van der Waals surface area contributed by atoms with E-state index in [2.05, 4.69) is 15.5 Å². The lowest BCUT2D eigenvalue weighted by atomic mass is 10.1. The van der Waals surface area contributed by atoms with Crippen LogP contribution in [0, 0.1) is 0 Å². The predicted octanol–water partition coefficient (Wildman–Crippen LogP) is 2.37. The van der Waals surface area contributed by atoms with E-state index in [9.17, 15) is 9.59 Å². The van der Waals surface area contributed by atoms with Crippen molar-refractivity contribution in [3.63, 3.8) is 0 Å². The maximum absolute atomic E-state index is 12.7. The Kier molecular flexibility index (Phi) is 4.36. The predicted molar refractivity (Wildman–Crippen MR) is 109 cm³/mol. The van der Waals surface area contributed by atoms with Gasteiger partial charge in [-0.15, -0.1) is 5.10 Å². The Hall–Kier alpha value is -3.85. The number of carbonyl (C=O) groups is 1. The fraction of sp³-hybridized carbons (Fsp3) is 0.100. The summed E-state index contributed by atoms with van der Waals surface area (Å²) < 4.78 is 9.34. The Bertz CT molecular complexity index is 1410. The third-order valence-electron chi connectivity index (χ3n) is 4.67. The number of nitrogens with one attached hydrogen (secondary N) is 1. The molecular formula is C20H15ClN6O3. The smallest absolute Gasteiger partial charge is 0.350 e. The molecule has 0 fully saturated rings. The number of aromatic nitrogens is 5. The molecule has 5 aromatic rings. The number of hydrogen-bond acceptors (Lipinski definition) is 5. The lowest BCUT2D eigenvalue weighted by molar-refractivity contribution is -0.122. The van der Waals surface area contributed by atoms with E-state index in [-0.39, 0.29) is 19.0 Å². The monoisotopic (exact) mass is 422 g/mol. The second kappa shape index (κ2) is 7.20. The lowest BCUT2D eigenvalue weighted by Gasteiger charge is -2.02. The summed E-state index contributed by atoms with van der Waals surface area (Å²) in [6, 6.07) is 12.7. The minimum atomic E-state index is -0.408. The summed E-state index contributed by atoms with van der Waals surface area (Å²) in [6.45, 7) is 0.0385. The van der Waals surface area contributed by atoms with Gasteiger partial charge in [-0.25, -0.2) is 18.4 Å². The van der Waals surface area contributed by atoms with E-state index in [4.69, 9.17) is 16.0 Å². The number of nitrogens with zero attached hydrogens (tertiary/aromatic N) is 5. The molecule has 0 aliphatic rings. The highest BCUT2D eigenvalue weighted by molar-refractivity contribution is 6.30. The van der Waals surface area contributed by atoms with Crippen LogP contribution in [0.15, 0.2) is 70.3 Å². The van der Waals surface area contributed by atoms with Crippen molar-refractivity contribution in [2.45, 2.75) is 13.1 Å². The Morgan fingerprint density at radius 2 is 1.97 bits per heavy atom. The molecule has 5 rings (SSSR count). The van der Waals surface area contributed by atoms with Gasteiger partial charge in [-0.2, -0.15) is 5.10 Å². The summed E-state index contributed by atoms with van der Waals surface area (Å²) in [6.07, 6.45) is 4.78. The molecule has 4 heterocycles. The maximum Gasteiger partial charge on any atom is 0.350 e. The minimum Gasteiger partial charge on any atom is -0.467 e. The molecular weight excluding hydrogens is 408 g/mol. The molecule has 0 bridgehead atoms. The summed E-state index contributed by atoms with van der Waals surface area (Å²) in [7, 11) is 0. The first-order valence-electron chi connectivity index (χ1n) is 9.11. The van der Waals surface area contributed by atoms with Gasteiger partial charge in [0.25, 0.3) is 0 Å². The number of fused-ring (bicyclic) bond motifs is 3. The molecule has 0 spiro atoms. The normalized spacial score (nSPS) is 11.4. The average Bonchev–Trinajstić information content (AvgIpc) is 3.47. The maximum atomic E-state index is 12.7. The van der Waals surface area contributed by atoms with E-state index < -0.39 is 5.69 Å². The number of carbonyl (C=O) groups excluding carboxylic acids is 1. The molecule has 30 heavy (non-hydrogen) atoms. The molecule has 10 heteroatoms. The molecule has 4 aromatic heterocycles. The number of rotatable bonds is 5. The summed E-state index contributed by atoms with van der Waals surface area (Å²) in [5.41, 5.74) is 2.26. The first-order chi connectivity index (χ1) is 14.6. The highest BCUT2D eigenvalue weighted by atomic mass is 35.5. The van der Waals surface area contributed by atoms with Crippen LogP contribution in [0.3, 0.4) is 0 Å². The van der Waals surface area contributed by atoms with Gasteiger partial charge in [0.05, 0.1) is 18.5 Å². The van der Waals surface area contributed by atoms with E-state index >= 15 is 0 Å². The topological polar surface area (TPSA) is 98.8 Å². The fourth-order valence-electron chi connectivity index (χ4n) is 3.19. The van der Waals surface area contributed by atoms with Crippen molar-refractivity contribution in [3.05, 3.63) is 82.4 Å². The van der Waals surface area contributed by atoms with E-state index in [1.54, 1.807) is 41.2 Å². The highest BCUT2D eigenvalue weighted by Gasteiger charge is 2.15. The first-order valence-corrected chi connectivity index (χ1v) is 9.49. The van der Waals surface area contributed by atoms with Crippen LogP contribution in [0.1, 0.15) is 5.76 Å². The second-order valence-electron chi connectivity index (χ2n) is 6.65. The summed E-state index contributed by atoms with van der Waals surface area (Å²) in [5, 5.41) is 12.2. The lowest BCUT2D eigenvalue weighted by Crippen LogP contribution is -2.32. The number of amides is 1. The van der Waals surface area contributed by atoms with Crippen molar-refractivity contribution in [1.29, 1.82) is 0 Å². The SMILES string of the molecule is O=C(Cn1nc2c3cc(-c4ccc(Cl)cc4)nn3ccn2c1=O)NCc1ccco1. The van der Waals surface area contributed by atoms with Crippen molar-refractivity contribution in [2.75, 3.05) is 0 Å². The van der Waals surface area contributed by atoms with Gasteiger partial charge < -0.3 is 9.73 Å². The van der Waals surface area contributed by atoms with Crippen LogP contribution in [0.5, 0.6) is 0 Å². The van der Waals surface area contributed by atoms with Crippen molar-refractivity contribution in [3.8, 4) is 11.3 Å². The van der Waals surface area contributed by atoms with Crippen LogP contribution in [-0.4, -0.2) is 29.7 Å². The van der Waals surface area contributed by atoms with Crippen LogP contribution in [-0.2, 0) is 17.9 Å². The average molecular weight is 423 g/mol. The van der Waals surface area contributed by atoms with Crippen LogP contribution in [0.4, 0.5) is 0 Å². The highest BCUT2D eigenvalue weighted by Crippen LogP contribution is 2.22. The van der Waals surface area contributed by atoms with Crippen LogP contribution < -0.4 is 11.0 Å². The van der Waals surface area contributed by atoms with Crippen molar-refractivity contribution in [2.24, 2.45) is 0 Å². The fourth-order valence-corrected chi connectivity index (χ4v) is 3.32. The van der Waals surface area contributed by atoms with Crippen molar-refractivity contribution >= 4 is 28.7 Å². The molecule has 0 unspecified atom stereocenters. The largest absolute Gasteiger partial charge is 0.467 e. The summed E-state index contributed by atoms with van der Waals surface area (Å²) >= 11 is 5.95. The molecule has 150 valence electrons. The molecule has 0 atom stereocenters. The Morgan fingerprint density at radius 1 is 1.13 bits per heavy atom. The number of hydrogen-bond donors (Lipinski definition) is 1. The molecule has 1 amide bonds. The van der Waals surface area contributed by atoms with Crippen LogP contribution in [0.25, 0.3) is 22.4 Å². The standard InChI is InChI=1S/C20H15ClN6O3/c21-14-5-3-13(4-6-14)16-10-17-19-24-27(20(29)25(19)7-8-26(17)23-16)12-18(28)22-11-15-2-1-9-30-15/h1-10H,11-12H2,(H,22,28). The van der Waals surface area contributed by atoms with Gasteiger partial charge in [0.15, 0.2) is 5.65 Å². The summed E-state index contributed by atoms with van der Waals surface area (Å²) in [5.74, 6) is 0.282. The van der Waals surface area contributed by atoms with Gasteiger partial charge in [0.1, 0.15) is 17.8 Å². The van der Waals surface area contributed by atoms with E-state index in [1.807, 2.05) is 18.2 Å². The molecule has 1 aromatic carbocycles. The van der Waals surface area contributed by atoms with Gasteiger partial charge in [-0.05, 0) is 30.3 Å². The van der Waals surface area contributed by atoms with Gasteiger partial charge in [-0.3, -0.25) is 4.79 Å². The Morgan fingerprint density at radius 3 is 2.73 bits per heavy atom. The quantitative estimate of drug-likeness (QED) is 0.469. The number of benzene rings is 1. The van der Waals surface area contributed by atoms with Crippen molar-refractivity contribution < 1.29 is 9.21 Å². The zero-order valence-electron chi connectivity index (χ0n) is 15.5. The molecule has 0 saturated heterocycles. The van der Waals surface area contributed by atoms with E-state index in [0.29, 0.717) is 21.9 Å². The first kappa shape index (κ1) is 18.2. The van der Waals surface area contributed by atoms with Gasteiger partial charge in [0.2, 0.25) is 5.91 Å². The molecule has 9 nitrogen and oxygen atoms in total. The Balaban J connectivity index is 1.46. The molecule has 0 aliphatic heterocycles. The number of furan rings is 1. The third kappa shape index (κ3) is 3.25. The number of halogens is 1. The zero-order valence-corrected chi connectivity index (χ0v) is 16.3. The molecule has 0 saturated carbocycles. The van der Waals surface area contributed by atoms with Crippen LogP contribution in [0.2, 0.25) is 5.02 Å². The molecule has 1 N–H and O–H groups in total. The second-order valence-corrected chi connectivity index (χ2v) is 7.09. The molecule has 0 aliphatic carbocycles. The van der Waals surface area contributed by atoms with Crippen molar-refractivity contribution in [1.82, 2.24) is 29.1 Å². The Labute approximate surface area is 174 Å². The minimum absolute atomic E-state index is 0.203. The third-order valence-corrected chi connectivity index (χ3v) is 4.92. The van der Waals surface area contributed by atoms with E-state index in [1.165, 1.54) is 10.7 Å². The zero-order chi connectivity index (χ0) is 20.7.